The molecule has 0 aliphatic carbocycles. The molecule has 0 saturated heterocycles. The van der Waals surface area contributed by atoms with E-state index < -0.39 is 0 Å². The number of anilines is 1. The number of pyridine rings is 1. The molecule has 0 saturated carbocycles. The van der Waals surface area contributed by atoms with Gasteiger partial charge < -0.3 is 5.32 Å². The number of hydrogen-bond donors (Lipinski definition) is 1. The van der Waals surface area contributed by atoms with Crippen LogP contribution in [0.25, 0.3) is 5.69 Å². The van der Waals surface area contributed by atoms with Gasteiger partial charge in [-0.05, 0) is 32.4 Å². The van der Waals surface area contributed by atoms with Gasteiger partial charge in [-0.15, -0.1) is 0 Å². The van der Waals surface area contributed by atoms with E-state index in [0.29, 0.717) is 0 Å². The fourth-order valence-electron chi connectivity index (χ4n) is 1.65. The average molecular weight is 216 g/mol. The molecule has 0 spiro atoms. The number of nitrogens with zero attached hydrogens (tertiary/aromatic N) is 3. The molecule has 0 atom stereocenters. The van der Waals surface area contributed by atoms with Gasteiger partial charge in [0.2, 0.25) is 5.95 Å². The third-order valence-corrected chi connectivity index (χ3v) is 2.30. The van der Waals surface area contributed by atoms with E-state index in [-0.39, 0.29) is 0 Å². The summed E-state index contributed by atoms with van der Waals surface area (Å²) in [6.07, 6.45) is 5.70. The fourth-order valence-corrected chi connectivity index (χ4v) is 1.65. The zero-order valence-electron chi connectivity index (χ0n) is 9.86. The molecule has 84 valence electrons. The second-order valence-corrected chi connectivity index (χ2v) is 3.83. The smallest absolute Gasteiger partial charge is 0.207 e. The summed E-state index contributed by atoms with van der Waals surface area (Å²) in [6.45, 7) is 6.94. The lowest BCUT2D eigenvalue weighted by Gasteiger charge is -2.08. The van der Waals surface area contributed by atoms with Crippen molar-refractivity contribution >= 4 is 5.95 Å². The van der Waals surface area contributed by atoms with Crippen molar-refractivity contribution in [2.45, 2.75) is 20.8 Å². The second-order valence-electron chi connectivity index (χ2n) is 3.83. The van der Waals surface area contributed by atoms with Crippen LogP contribution in [0.1, 0.15) is 18.2 Å². The van der Waals surface area contributed by atoms with E-state index in [4.69, 9.17) is 0 Å². The Hall–Kier alpha value is -1.84. The van der Waals surface area contributed by atoms with Crippen LogP contribution in [0.2, 0.25) is 0 Å². The minimum Gasteiger partial charge on any atom is -0.356 e. The molecule has 0 radical (unpaired) electrons. The Morgan fingerprint density at radius 1 is 1.31 bits per heavy atom. The Kier molecular flexibility index (Phi) is 2.90. The first-order valence-electron chi connectivity index (χ1n) is 5.42. The molecule has 2 heterocycles. The van der Waals surface area contributed by atoms with E-state index in [0.717, 1.165) is 29.4 Å². The monoisotopic (exact) mass is 216 g/mol. The lowest BCUT2D eigenvalue weighted by Crippen LogP contribution is -2.05. The summed E-state index contributed by atoms with van der Waals surface area (Å²) in [4.78, 5) is 8.63. The van der Waals surface area contributed by atoms with Crippen LogP contribution >= 0.6 is 0 Å². The zero-order valence-corrected chi connectivity index (χ0v) is 9.86. The maximum absolute atomic E-state index is 4.43. The van der Waals surface area contributed by atoms with E-state index in [1.165, 1.54) is 0 Å². The van der Waals surface area contributed by atoms with E-state index in [9.17, 15) is 0 Å². The number of aryl methyl sites for hydroxylation is 2. The number of hydrogen-bond acceptors (Lipinski definition) is 3. The van der Waals surface area contributed by atoms with Crippen LogP contribution in [-0.4, -0.2) is 21.1 Å². The minimum absolute atomic E-state index is 0.857. The third-order valence-electron chi connectivity index (χ3n) is 2.30. The highest BCUT2D eigenvalue weighted by atomic mass is 15.2. The van der Waals surface area contributed by atoms with Gasteiger partial charge in [-0.2, -0.15) is 0 Å². The van der Waals surface area contributed by atoms with Crippen molar-refractivity contribution in [3.8, 4) is 5.69 Å². The van der Waals surface area contributed by atoms with Crippen LogP contribution < -0.4 is 5.32 Å². The van der Waals surface area contributed by atoms with Crippen molar-refractivity contribution in [3.05, 3.63) is 35.9 Å². The SMILES string of the molecule is CCNc1nc(C)cn1-c1cncc(C)c1. The van der Waals surface area contributed by atoms with E-state index in [1.54, 1.807) is 0 Å². The summed E-state index contributed by atoms with van der Waals surface area (Å²) in [5.74, 6) is 0.868. The predicted octanol–water partition coefficient (Wildman–Crippen LogP) is 2.32. The lowest BCUT2D eigenvalue weighted by molar-refractivity contribution is 1.01. The molecule has 0 aliphatic rings. The summed E-state index contributed by atoms with van der Waals surface area (Å²) < 4.78 is 2.03. The highest BCUT2D eigenvalue weighted by molar-refractivity contribution is 5.42. The Bertz CT molecular complexity index is 488. The average Bonchev–Trinajstić information content (AvgIpc) is 2.60. The van der Waals surface area contributed by atoms with Crippen molar-refractivity contribution in [2.24, 2.45) is 0 Å². The van der Waals surface area contributed by atoms with Crippen molar-refractivity contribution < 1.29 is 0 Å². The van der Waals surface area contributed by atoms with Crippen molar-refractivity contribution in [1.29, 1.82) is 0 Å². The van der Waals surface area contributed by atoms with E-state index in [2.05, 4.69) is 28.3 Å². The van der Waals surface area contributed by atoms with Gasteiger partial charge in [0.25, 0.3) is 0 Å². The van der Waals surface area contributed by atoms with Gasteiger partial charge in [0, 0.05) is 18.9 Å². The molecule has 0 aliphatic heterocycles. The number of rotatable bonds is 3. The molecule has 2 aromatic heterocycles. The fraction of sp³-hybridized carbons (Fsp3) is 0.333. The molecule has 0 bridgehead atoms. The van der Waals surface area contributed by atoms with Crippen LogP contribution in [0.15, 0.2) is 24.7 Å². The normalized spacial score (nSPS) is 10.4. The maximum atomic E-state index is 4.43. The van der Waals surface area contributed by atoms with Crippen LogP contribution in [0.3, 0.4) is 0 Å². The molecule has 4 nitrogen and oxygen atoms in total. The number of nitrogens with one attached hydrogen (secondary N) is 1. The molecule has 1 N–H and O–H groups in total. The molecule has 16 heavy (non-hydrogen) atoms. The van der Waals surface area contributed by atoms with Crippen LogP contribution in [0.5, 0.6) is 0 Å². The summed E-state index contributed by atoms with van der Waals surface area (Å²) >= 11 is 0. The molecule has 0 aromatic carbocycles. The Morgan fingerprint density at radius 2 is 2.12 bits per heavy atom. The lowest BCUT2D eigenvalue weighted by atomic mass is 10.3. The van der Waals surface area contributed by atoms with Gasteiger partial charge in [-0.25, -0.2) is 4.98 Å². The molecule has 0 fully saturated rings. The van der Waals surface area contributed by atoms with Crippen molar-refractivity contribution in [1.82, 2.24) is 14.5 Å². The van der Waals surface area contributed by atoms with Gasteiger partial charge >= 0.3 is 0 Å². The molecule has 2 aromatic rings. The van der Waals surface area contributed by atoms with E-state index in [1.807, 2.05) is 37.0 Å². The first-order chi connectivity index (χ1) is 7.70. The molecular formula is C12H16N4. The largest absolute Gasteiger partial charge is 0.356 e. The minimum atomic E-state index is 0.857. The predicted molar refractivity (Wildman–Crippen MR) is 65.0 cm³/mol. The van der Waals surface area contributed by atoms with Gasteiger partial charge in [-0.1, -0.05) is 0 Å². The van der Waals surface area contributed by atoms with Crippen LogP contribution in [0.4, 0.5) is 5.95 Å². The van der Waals surface area contributed by atoms with Crippen molar-refractivity contribution in [2.75, 3.05) is 11.9 Å². The molecule has 0 amide bonds. The van der Waals surface area contributed by atoms with Gasteiger partial charge in [0.1, 0.15) is 0 Å². The van der Waals surface area contributed by atoms with Crippen LogP contribution in [0, 0.1) is 13.8 Å². The van der Waals surface area contributed by atoms with Gasteiger partial charge in [-0.3, -0.25) is 9.55 Å². The summed E-state index contributed by atoms with van der Waals surface area (Å²) in [5.41, 5.74) is 3.18. The third kappa shape index (κ3) is 2.05. The first kappa shape index (κ1) is 10.7. The standard InChI is InChI=1S/C12H16N4/c1-4-14-12-15-10(3)8-16(12)11-5-9(2)6-13-7-11/h5-8H,4H2,1-3H3,(H,14,15). The summed E-state index contributed by atoms with van der Waals surface area (Å²) in [6, 6.07) is 2.09. The van der Waals surface area contributed by atoms with Crippen LogP contribution in [-0.2, 0) is 0 Å². The molecule has 0 unspecified atom stereocenters. The molecule has 4 heteroatoms. The topological polar surface area (TPSA) is 42.7 Å². The molecule has 2 rings (SSSR count). The zero-order chi connectivity index (χ0) is 11.5. The maximum Gasteiger partial charge on any atom is 0.207 e. The number of aromatic nitrogens is 3. The van der Waals surface area contributed by atoms with E-state index >= 15 is 0 Å². The highest BCUT2D eigenvalue weighted by Crippen LogP contribution is 2.16. The summed E-state index contributed by atoms with van der Waals surface area (Å²) in [5, 5.41) is 3.24. The van der Waals surface area contributed by atoms with Crippen molar-refractivity contribution in [3.63, 3.8) is 0 Å². The highest BCUT2D eigenvalue weighted by Gasteiger charge is 2.06. The second kappa shape index (κ2) is 4.35. The Morgan fingerprint density at radius 3 is 2.81 bits per heavy atom. The first-order valence-corrected chi connectivity index (χ1v) is 5.42. The Balaban J connectivity index is 2.46. The van der Waals surface area contributed by atoms with Gasteiger partial charge in [0.05, 0.1) is 17.6 Å². The summed E-state index contributed by atoms with van der Waals surface area (Å²) in [7, 11) is 0. The Labute approximate surface area is 95.4 Å². The molecular weight excluding hydrogens is 200 g/mol. The van der Waals surface area contributed by atoms with Gasteiger partial charge in [0.15, 0.2) is 0 Å². The number of imidazole rings is 1. The quantitative estimate of drug-likeness (QED) is 0.856.